The van der Waals surface area contributed by atoms with Crippen LogP contribution in [0.25, 0.3) is 0 Å². The fraction of sp³-hybridized carbons (Fsp3) is 0.800. The van der Waals surface area contributed by atoms with Crippen molar-refractivity contribution >= 4 is 0 Å². The van der Waals surface area contributed by atoms with Crippen LogP contribution < -0.4 is 0 Å². The normalized spacial score (nSPS) is 46.8. The van der Waals surface area contributed by atoms with Gasteiger partial charge in [0.1, 0.15) is 36.6 Å². The Balaban J connectivity index is 2.19. The Bertz CT molecular complexity index is 520. The van der Waals surface area contributed by atoms with Gasteiger partial charge in [0.2, 0.25) is 0 Å². The minimum absolute atomic E-state index is 0.0574. The van der Waals surface area contributed by atoms with Gasteiger partial charge in [-0.1, -0.05) is 0 Å². The van der Waals surface area contributed by atoms with E-state index in [0.29, 0.717) is 0 Å². The second-order valence-electron chi connectivity index (χ2n) is 6.04. The van der Waals surface area contributed by atoms with Crippen LogP contribution in [-0.2, 0) is 14.2 Å². The average molecular weight is 361 g/mol. The molecule has 1 aliphatic carbocycles. The van der Waals surface area contributed by atoms with Crippen LogP contribution in [0.5, 0.6) is 0 Å². The van der Waals surface area contributed by atoms with Crippen LogP contribution in [0.15, 0.2) is 11.6 Å². The summed E-state index contributed by atoms with van der Waals surface area (Å²) in [7, 11) is 1.31. The molecule has 6 N–H and O–H groups in total. The Hall–Kier alpha value is -1.13. The molecule has 9 atom stereocenters. The van der Waals surface area contributed by atoms with Crippen LogP contribution in [-0.4, -0.2) is 99.5 Å². The van der Waals surface area contributed by atoms with Crippen molar-refractivity contribution in [2.45, 2.75) is 61.5 Å². The lowest BCUT2D eigenvalue weighted by molar-refractivity contribution is -0.312. The highest BCUT2D eigenvalue weighted by Gasteiger charge is 2.47. The fourth-order valence-electron chi connectivity index (χ4n) is 3.09. The zero-order valence-electron chi connectivity index (χ0n) is 13.5. The summed E-state index contributed by atoms with van der Waals surface area (Å²) in [6.07, 6.45) is -10.8. The van der Waals surface area contributed by atoms with Gasteiger partial charge in [0, 0.05) is 25.2 Å². The van der Waals surface area contributed by atoms with Gasteiger partial charge in [-0.3, -0.25) is 0 Å². The molecule has 0 amide bonds. The maximum Gasteiger partial charge on any atom is 0.187 e. The summed E-state index contributed by atoms with van der Waals surface area (Å²) in [6.45, 7) is -0.618. The third kappa shape index (κ3) is 4.01. The Labute approximate surface area is 144 Å². The molecule has 0 bridgehead atoms. The molecule has 0 aromatic rings. The first-order chi connectivity index (χ1) is 11.8. The number of hydrogen-bond acceptors (Lipinski definition) is 10. The van der Waals surface area contributed by atoms with Crippen molar-refractivity contribution in [3.63, 3.8) is 0 Å². The molecule has 1 heterocycles. The molecule has 1 saturated carbocycles. The number of methoxy groups -OCH3 is 1. The SMILES string of the molecule is COC1C(O)CC(OC2OC(CO)C(O)C(O)C2O)C(=CC#N)C1O. The molecule has 1 saturated heterocycles. The lowest BCUT2D eigenvalue weighted by Crippen LogP contribution is -2.60. The van der Waals surface area contributed by atoms with E-state index < -0.39 is 61.7 Å². The quantitative estimate of drug-likeness (QED) is 0.279. The van der Waals surface area contributed by atoms with Gasteiger partial charge in [0.25, 0.3) is 0 Å². The predicted octanol–water partition coefficient (Wildman–Crippen LogP) is -3.24. The molecular weight excluding hydrogens is 338 g/mol. The smallest absolute Gasteiger partial charge is 0.187 e. The fourth-order valence-corrected chi connectivity index (χ4v) is 3.09. The molecule has 25 heavy (non-hydrogen) atoms. The predicted molar refractivity (Wildman–Crippen MR) is 79.8 cm³/mol. The first-order valence-electron chi connectivity index (χ1n) is 7.80. The highest BCUT2D eigenvalue weighted by Crippen LogP contribution is 2.32. The van der Waals surface area contributed by atoms with E-state index >= 15 is 0 Å². The minimum atomic E-state index is -1.63. The summed E-state index contributed by atoms with van der Waals surface area (Å²) >= 11 is 0. The topological polar surface area (TPSA) is 173 Å². The Morgan fingerprint density at radius 3 is 2.44 bits per heavy atom. The van der Waals surface area contributed by atoms with Gasteiger partial charge >= 0.3 is 0 Å². The summed E-state index contributed by atoms with van der Waals surface area (Å²) in [5.41, 5.74) is 0.122. The van der Waals surface area contributed by atoms with Crippen molar-refractivity contribution in [1.82, 2.24) is 0 Å². The number of aliphatic hydroxyl groups is 6. The second kappa shape index (κ2) is 8.50. The van der Waals surface area contributed by atoms with E-state index in [1.807, 2.05) is 0 Å². The summed E-state index contributed by atoms with van der Waals surface area (Å²) in [5, 5.41) is 68.0. The molecule has 2 rings (SSSR count). The monoisotopic (exact) mass is 361 g/mol. The summed E-state index contributed by atoms with van der Waals surface area (Å²) in [4.78, 5) is 0. The second-order valence-corrected chi connectivity index (χ2v) is 6.04. The molecule has 0 spiro atoms. The van der Waals surface area contributed by atoms with Gasteiger partial charge in [0.05, 0.1) is 24.9 Å². The number of nitriles is 1. The maximum atomic E-state index is 10.3. The molecule has 0 aromatic heterocycles. The number of hydrogen-bond donors (Lipinski definition) is 6. The van der Waals surface area contributed by atoms with Crippen LogP contribution in [0.1, 0.15) is 6.42 Å². The zero-order valence-corrected chi connectivity index (χ0v) is 13.5. The van der Waals surface area contributed by atoms with Crippen LogP contribution in [0, 0.1) is 11.3 Å². The van der Waals surface area contributed by atoms with Crippen molar-refractivity contribution in [3.8, 4) is 6.07 Å². The van der Waals surface area contributed by atoms with Crippen LogP contribution in [0.4, 0.5) is 0 Å². The lowest BCUT2D eigenvalue weighted by Gasteiger charge is -2.43. The molecule has 0 aromatic carbocycles. The van der Waals surface area contributed by atoms with Gasteiger partial charge < -0.3 is 44.8 Å². The van der Waals surface area contributed by atoms with E-state index in [0.717, 1.165) is 6.08 Å². The van der Waals surface area contributed by atoms with Crippen molar-refractivity contribution < 1.29 is 44.8 Å². The molecular formula is C15H23NO9. The molecule has 0 radical (unpaired) electrons. The highest BCUT2D eigenvalue weighted by molar-refractivity contribution is 5.26. The van der Waals surface area contributed by atoms with Crippen LogP contribution in [0.2, 0.25) is 0 Å². The first-order valence-corrected chi connectivity index (χ1v) is 7.80. The van der Waals surface area contributed by atoms with E-state index in [4.69, 9.17) is 19.5 Å². The zero-order chi connectivity index (χ0) is 18.7. The molecule has 2 aliphatic rings. The Kier molecular flexibility index (Phi) is 6.86. The third-order valence-electron chi connectivity index (χ3n) is 4.51. The number of allylic oxidation sites excluding steroid dienone is 1. The van der Waals surface area contributed by atoms with E-state index in [-0.39, 0.29) is 12.0 Å². The van der Waals surface area contributed by atoms with Crippen molar-refractivity contribution in [2.24, 2.45) is 0 Å². The van der Waals surface area contributed by atoms with Crippen LogP contribution >= 0.6 is 0 Å². The number of nitrogens with zero attached hydrogens (tertiary/aromatic N) is 1. The number of rotatable bonds is 4. The van der Waals surface area contributed by atoms with Crippen molar-refractivity contribution in [1.29, 1.82) is 5.26 Å². The van der Waals surface area contributed by atoms with Crippen LogP contribution in [0.3, 0.4) is 0 Å². The molecule has 1 aliphatic heterocycles. The average Bonchev–Trinajstić information content (AvgIpc) is 2.59. The molecule has 9 unspecified atom stereocenters. The molecule has 2 fully saturated rings. The summed E-state index contributed by atoms with van der Waals surface area (Å²) in [6, 6.07) is 1.77. The van der Waals surface area contributed by atoms with Gasteiger partial charge in [-0.15, -0.1) is 0 Å². The maximum absolute atomic E-state index is 10.3. The van der Waals surface area contributed by atoms with E-state index in [1.165, 1.54) is 7.11 Å². The first kappa shape index (κ1) is 20.2. The van der Waals surface area contributed by atoms with Crippen molar-refractivity contribution in [3.05, 3.63) is 11.6 Å². The number of ether oxygens (including phenoxy) is 3. The Morgan fingerprint density at radius 2 is 1.88 bits per heavy atom. The standard InChI is InChI=1S/C15H23NO9/c1-23-14-7(18)4-8(6(2-3-16)10(14)19)24-15-13(22)12(21)11(20)9(5-17)25-15/h2,7-15,17-22H,4-5H2,1H3. The molecule has 10 heteroatoms. The lowest BCUT2D eigenvalue weighted by atomic mass is 9.84. The largest absolute Gasteiger partial charge is 0.394 e. The van der Waals surface area contributed by atoms with Gasteiger partial charge in [-0.25, -0.2) is 0 Å². The Morgan fingerprint density at radius 1 is 1.20 bits per heavy atom. The van der Waals surface area contributed by atoms with E-state index in [2.05, 4.69) is 0 Å². The summed E-state index contributed by atoms with van der Waals surface area (Å²) in [5.74, 6) is 0. The van der Waals surface area contributed by atoms with Gasteiger partial charge in [-0.2, -0.15) is 5.26 Å². The van der Waals surface area contributed by atoms with Gasteiger partial charge in [0.15, 0.2) is 6.29 Å². The van der Waals surface area contributed by atoms with E-state index in [9.17, 15) is 30.6 Å². The minimum Gasteiger partial charge on any atom is -0.394 e. The molecule has 142 valence electrons. The highest BCUT2D eigenvalue weighted by atomic mass is 16.7. The third-order valence-corrected chi connectivity index (χ3v) is 4.51. The molecule has 10 nitrogen and oxygen atoms in total. The van der Waals surface area contributed by atoms with Crippen molar-refractivity contribution in [2.75, 3.05) is 13.7 Å². The summed E-state index contributed by atoms with van der Waals surface area (Å²) < 4.78 is 15.8. The van der Waals surface area contributed by atoms with Gasteiger partial charge in [-0.05, 0) is 0 Å². The van der Waals surface area contributed by atoms with E-state index in [1.54, 1.807) is 6.07 Å². The number of aliphatic hydroxyl groups excluding tert-OH is 6.